The second kappa shape index (κ2) is 11.5. The van der Waals surface area contributed by atoms with E-state index in [1.54, 1.807) is 0 Å². The highest BCUT2D eigenvalue weighted by atomic mass is 15.4. The molecule has 2 aliphatic heterocycles. The third-order valence-corrected chi connectivity index (χ3v) is 6.56. The van der Waals surface area contributed by atoms with E-state index in [-0.39, 0.29) is 0 Å². The zero-order valence-electron chi connectivity index (χ0n) is 16.9. The average molecular weight is 327 g/mol. The van der Waals surface area contributed by atoms with Gasteiger partial charge < -0.3 is 8.97 Å². The molecule has 2 saturated heterocycles. The van der Waals surface area contributed by atoms with Crippen molar-refractivity contribution in [3.63, 3.8) is 0 Å². The molecule has 138 valence electrons. The van der Waals surface area contributed by atoms with Crippen LogP contribution in [0.2, 0.25) is 0 Å². The maximum atomic E-state index is 2.36. The van der Waals surface area contributed by atoms with E-state index in [0.717, 1.165) is 0 Å². The van der Waals surface area contributed by atoms with Crippen LogP contribution in [0.3, 0.4) is 0 Å². The van der Waals surface area contributed by atoms with E-state index in [4.69, 9.17) is 0 Å². The molecule has 0 aromatic rings. The lowest BCUT2D eigenvalue weighted by Gasteiger charge is -2.40. The van der Waals surface area contributed by atoms with Crippen LogP contribution < -0.4 is 0 Å². The quantitative estimate of drug-likeness (QED) is 0.562. The van der Waals surface area contributed by atoms with Gasteiger partial charge in [0.15, 0.2) is 0 Å². The number of piperidine rings is 2. The minimum Gasteiger partial charge on any atom is -0.324 e. The summed E-state index contributed by atoms with van der Waals surface area (Å²) in [6.07, 6.45) is 13.0. The van der Waals surface area contributed by atoms with Gasteiger partial charge in [-0.05, 0) is 65.2 Å². The minimum absolute atomic E-state index is 1.36. The van der Waals surface area contributed by atoms with Crippen LogP contribution in [0.15, 0.2) is 0 Å². The summed E-state index contributed by atoms with van der Waals surface area (Å²) in [4.78, 5) is 0. The molecular formula is C21H46N2+2. The topological polar surface area (TPSA) is 0 Å². The Kier molecular flexibility index (Phi) is 10.5. The summed E-state index contributed by atoms with van der Waals surface area (Å²) in [6, 6.07) is 0. The van der Waals surface area contributed by atoms with Gasteiger partial charge in [0.1, 0.15) is 0 Å². The first-order valence-electron chi connectivity index (χ1n) is 10.9. The molecule has 0 atom stereocenters. The van der Waals surface area contributed by atoms with E-state index in [1.807, 2.05) is 0 Å². The molecule has 0 aromatic heterocycles. The normalized spacial score (nSPS) is 23.0. The van der Waals surface area contributed by atoms with E-state index >= 15 is 0 Å². The van der Waals surface area contributed by atoms with Gasteiger partial charge in [-0.15, -0.1) is 0 Å². The van der Waals surface area contributed by atoms with Crippen molar-refractivity contribution in [2.75, 3.05) is 52.4 Å². The van der Waals surface area contributed by atoms with Crippen molar-refractivity contribution in [3.05, 3.63) is 0 Å². The highest BCUT2D eigenvalue weighted by molar-refractivity contribution is 4.54. The number of unbranched alkanes of at least 4 members (excludes halogenated alkanes) is 1. The van der Waals surface area contributed by atoms with Crippen LogP contribution in [-0.2, 0) is 0 Å². The third-order valence-electron chi connectivity index (χ3n) is 6.56. The van der Waals surface area contributed by atoms with Crippen molar-refractivity contribution in [1.82, 2.24) is 0 Å². The fraction of sp³-hybridized carbons (Fsp3) is 1.00. The fourth-order valence-electron chi connectivity index (χ4n) is 4.73. The molecule has 23 heavy (non-hydrogen) atoms. The summed E-state index contributed by atoms with van der Waals surface area (Å²) < 4.78 is 2.84. The van der Waals surface area contributed by atoms with Crippen LogP contribution in [0.4, 0.5) is 0 Å². The number of hydrogen-bond donors (Lipinski definition) is 0. The summed E-state index contributed by atoms with van der Waals surface area (Å²) in [5.41, 5.74) is 0. The van der Waals surface area contributed by atoms with Gasteiger partial charge in [-0.2, -0.15) is 0 Å². The van der Waals surface area contributed by atoms with Crippen LogP contribution in [0.25, 0.3) is 0 Å². The molecule has 0 N–H and O–H groups in total. The Morgan fingerprint density at radius 3 is 1.30 bits per heavy atom. The van der Waals surface area contributed by atoms with E-state index in [9.17, 15) is 0 Å². The van der Waals surface area contributed by atoms with Gasteiger partial charge in [-0.3, -0.25) is 0 Å². The number of rotatable bonds is 7. The molecule has 2 fully saturated rings. The minimum atomic E-state index is 1.36. The molecule has 0 radical (unpaired) electrons. The third kappa shape index (κ3) is 7.13. The first-order valence-corrected chi connectivity index (χ1v) is 10.9. The lowest BCUT2D eigenvalue weighted by atomic mass is 10.1. The molecule has 2 heteroatoms. The zero-order valence-corrected chi connectivity index (χ0v) is 16.9. The summed E-state index contributed by atoms with van der Waals surface area (Å²) in [5.74, 6) is 0. The molecule has 2 nitrogen and oxygen atoms in total. The molecule has 0 aliphatic carbocycles. The number of nitrogens with zero attached hydrogens (tertiary/aromatic N) is 2. The van der Waals surface area contributed by atoms with Gasteiger partial charge in [0.25, 0.3) is 0 Å². The van der Waals surface area contributed by atoms with Gasteiger partial charge in [0.2, 0.25) is 0 Å². The summed E-state index contributed by atoms with van der Waals surface area (Å²) >= 11 is 0. The largest absolute Gasteiger partial charge is 0.324 e. The average Bonchev–Trinajstić information content (AvgIpc) is 2.62. The fourth-order valence-corrected chi connectivity index (χ4v) is 4.73. The highest BCUT2D eigenvalue weighted by Crippen LogP contribution is 2.20. The molecule has 0 aromatic carbocycles. The molecule has 0 amide bonds. The van der Waals surface area contributed by atoms with Crippen molar-refractivity contribution < 1.29 is 8.97 Å². The Balaban J connectivity index is 0.000000231. The Bertz CT molecular complexity index is 270. The van der Waals surface area contributed by atoms with Gasteiger partial charge in [0.05, 0.1) is 52.4 Å². The summed E-state index contributed by atoms with van der Waals surface area (Å²) in [6.45, 7) is 20.7. The number of likely N-dealkylation sites (tertiary alicyclic amines) is 2. The van der Waals surface area contributed by atoms with E-state index < -0.39 is 0 Å². The Morgan fingerprint density at radius 2 is 0.957 bits per heavy atom. The van der Waals surface area contributed by atoms with E-state index in [2.05, 4.69) is 27.7 Å². The molecule has 2 rings (SSSR count). The molecule has 0 spiro atoms. The van der Waals surface area contributed by atoms with Gasteiger partial charge in [0, 0.05) is 0 Å². The lowest BCUT2D eigenvalue weighted by Crippen LogP contribution is -2.51. The first kappa shape index (κ1) is 21.0. The monoisotopic (exact) mass is 326 g/mol. The predicted molar refractivity (Wildman–Crippen MR) is 104 cm³/mol. The van der Waals surface area contributed by atoms with Crippen molar-refractivity contribution in [2.45, 2.75) is 85.5 Å². The molecule has 0 saturated carbocycles. The highest BCUT2D eigenvalue weighted by Gasteiger charge is 2.27. The van der Waals surface area contributed by atoms with Crippen molar-refractivity contribution >= 4 is 0 Å². The number of quaternary nitrogens is 2. The second-order valence-electron chi connectivity index (χ2n) is 8.13. The lowest BCUT2D eigenvalue weighted by molar-refractivity contribution is -0.931. The van der Waals surface area contributed by atoms with Crippen LogP contribution >= 0.6 is 0 Å². The smallest absolute Gasteiger partial charge is 0.0786 e. The Labute approximate surface area is 147 Å². The molecule has 2 heterocycles. The second-order valence-corrected chi connectivity index (χ2v) is 8.13. The van der Waals surface area contributed by atoms with Crippen LogP contribution in [0, 0.1) is 0 Å². The summed E-state index contributed by atoms with van der Waals surface area (Å²) in [5, 5.41) is 0. The molecular weight excluding hydrogens is 280 g/mol. The van der Waals surface area contributed by atoms with E-state index in [0.29, 0.717) is 0 Å². The van der Waals surface area contributed by atoms with Gasteiger partial charge >= 0.3 is 0 Å². The molecule has 0 bridgehead atoms. The van der Waals surface area contributed by atoms with Gasteiger partial charge in [-0.25, -0.2) is 0 Å². The maximum Gasteiger partial charge on any atom is 0.0786 e. The van der Waals surface area contributed by atoms with Crippen molar-refractivity contribution in [1.29, 1.82) is 0 Å². The van der Waals surface area contributed by atoms with E-state index in [1.165, 1.54) is 119 Å². The summed E-state index contributed by atoms with van der Waals surface area (Å²) in [7, 11) is 0. The molecule has 2 aliphatic rings. The SMILES string of the molecule is CCCC[N+]1(CC)CCCCC1.CCC[N+]1(CC)CCCCC1. The standard InChI is InChI=1S/C11H24N.C10H22N/c1-3-5-9-12(4-2)10-7-6-8-11-12;1-3-8-11(4-2)9-6-5-7-10-11/h3-11H2,1-2H3;3-10H2,1-2H3/q2*+1. The van der Waals surface area contributed by atoms with Crippen LogP contribution in [0.1, 0.15) is 85.5 Å². The Morgan fingerprint density at radius 1 is 0.522 bits per heavy atom. The van der Waals surface area contributed by atoms with Crippen LogP contribution in [-0.4, -0.2) is 61.3 Å². The maximum absolute atomic E-state index is 2.36. The first-order chi connectivity index (χ1) is 11.2. The van der Waals surface area contributed by atoms with Crippen molar-refractivity contribution in [3.8, 4) is 0 Å². The number of hydrogen-bond acceptors (Lipinski definition) is 0. The molecule has 0 unspecified atom stereocenters. The van der Waals surface area contributed by atoms with Gasteiger partial charge in [-0.1, -0.05) is 20.3 Å². The zero-order chi connectivity index (χ0) is 17.0. The van der Waals surface area contributed by atoms with Crippen LogP contribution in [0.5, 0.6) is 0 Å². The predicted octanol–water partition coefficient (Wildman–Crippen LogP) is 5.22. The van der Waals surface area contributed by atoms with Crippen molar-refractivity contribution in [2.24, 2.45) is 0 Å². The Hall–Kier alpha value is -0.0800.